The molecule has 0 N–H and O–H groups in total. The Morgan fingerprint density at radius 1 is 1.46 bits per heavy atom. The maximum atomic E-state index is 14.9. The Labute approximate surface area is 143 Å². The first-order valence-corrected chi connectivity index (χ1v) is 7.76. The van der Waals surface area contributed by atoms with Crippen molar-refractivity contribution < 1.29 is 18.7 Å². The summed E-state index contributed by atoms with van der Waals surface area (Å²) >= 11 is 6.06. The van der Waals surface area contributed by atoms with E-state index in [0.29, 0.717) is 18.5 Å². The summed E-state index contributed by atoms with van der Waals surface area (Å²) in [5.41, 5.74) is 0.568. The molecule has 0 bridgehead atoms. The summed E-state index contributed by atoms with van der Waals surface area (Å²) in [7, 11) is 0. The molecule has 2 aliphatic heterocycles. The topological polar surface area (TPSA) is 49.9 Å². The molecule has 5 nitrogen and oxygen atoms in total. The predicted octanol–water partition coefficient (Wildman–Crippen LogP) is 3.25. The molecule has 0 aliphatic carbocycles. The zero-order valence-electron chi connectivity index (χ0n) is 12.9. The Bertz CT molecular complexity index is 813. The van der Waals surface area contributed by atoms with Gasteiger partial charge in [-0.15, -0.1) is 6.42 Å². The lowest BCUT2D eigenvalue weighted by molar-refractivity contribution is -0.114. The van der Waals surface area contributed by atoms with E-state index in [2.05, 4.69) is 5.92 Å². The molecule has 0 unspecified atom stereocenters. The van der Waals surface area contributed by atoms with Crippen molar-refractivity contribution in [3.63, 3.8) is 0 Å². The van der Waals surface area contributed by atoms with Gasteiger partial charge < -0.3 is 4.74 Å². The zero-order valence-corrected chi connectivity index (χ0v) is 13.7. The number of rotatable bonds is 3. The normalized spacial score (nSPS) is 16.8. The molecule has 2 aliphatic rings. The number of aryl methyl sites for hydroxylation is 1. The van der Waals surface area contributed by atoms with Crippen LogP contribution in [0.3, 0.4) is 0 Å². The molecule has 1 saturated heterocycles. The first kappa shape index (κ1) is 16.3. The molecule has 2 heterocycles. The minimum absolute atomic E-state index is 0.0579. The summed E-state index contributed by atoms with van der Waals surface area (Å²) in [6.45, 7) is 1.88. The Balaban J connectivity index is 2.10. The van der Waals surface area contributed by atoms with Crippen LogP contribution in [0.4, 0.5) is 14.9 Å². The maximum absolute atomic E-state index is 14.9. The lowest BCUT2D eigenvalue weighted by Crippen LogP contribution is -2.34. The SMILES string of the molecule is C#CCOc1c(F)c(N2C(=O)C3=CCCCN3C2=O)cc(C)c1Cl. The van der Waals surface area contributed by atoms with Crippen LogP contribution in [-0.2, 0) is 4.79 Å². The molecule has 1 aromatic rings. The summed E-state index contributed by atoms with van der Waals surface area (Å²) in [6.07, 6.45) is 8.28. The van der Waals surface area contributed by atoms with E-state index in [1.807, 2.05) is 0 Å². The lowest BCUT2D eigenvalue weighted by atomic mass is 10.1. The summed E-state index contributed by atoms with van der Waals surface area (Å²) < 4.78 is 20.0. The van der Waals surface area contributed by atoms with Crippen LogP contribution in [0.25, 0.3) is 0 Å². The molecule has 0 aromatic heterocycles. The van der Waals surface area contributed by atoms with E-state index in [1.54, 1.807) is 13.0 Å². The first-order chi connectivity index (χ1) is 11.5. The number of hydrogen-bond acceptors (Lipinski definition) is 3. The van der Waals surface area contributed by atoms with Gasteiger partial charge in [0.1, 0.15) is 12.3 Å². The van der Waals surface area contributed by atoms with Gasteiger partial charge in [-0.3, -0.25) is 9.69 Å². The Morgan fingerprint density at radius 2 is 2.21 bits per heavy atom. The molecule has 0 atom stereocenters. The number of anilines is 1. The molecule has 1 fully saturated rings. The van der Waals surface area contributed by atoms with Gasteiger partial charge in [0.25, 0.3) is 5.91 Å². The summed E-state index contributed by atoms with van der Waals surface area (Å²) in [6, 6.07) is 0.782. The summed E-state index contributed by atoms with van der Waals surface area (Å²) in [5.74, 6) is 0.526. The first-order valence-electron chi connectivity index (χ1n) is 7.38. The monoisotopic (exact) mass is 348 g/mol. The zero-order chi connectivity index (χ0) is 17.4. The van der Waals surface area contributed by atoms with E-state index < -0.39 is 17.8 Å². The van der Waals surface area contributed by atoms with Crippen LogP contribution in [0.15, 0.2) is 17.8 Å². The highest BCUT2D eigenvalue weighted by Gasteiger charge is 2.44. The van der Waals surface area contributed by atoms with Crippen molar-refractivity contribution in [3.8, 4) is 18.1 Å². The van der Waals surface area contributed by atoms with Crippen LogP contribution in [0.1, 0.15) is 18.4 Å². The van der Waals surface area contributed by atoms with E-state index >= 15 is 0 Å². The van der Waals surface area contributed by atoms with Crippen LogP contribution in [0.5, 0.6) is 5.75 Å². The second-order valence-electron chi connectivity index (χ2n) is 5.47. The number of hydrogen-bond donors (Lipinski definition) is 0. The molecule has 0 radical (unpaired) electrons. The quantitative estimate of drug-likeness (QED) is 0.622. The highest BCUT2D eigenvalue weighted by molar-refractivity contribution is 6.33. The average molecular weight is 349 g/mol. The number of urea groups is 1. The van der Waals surface area contributed by atoms with Gasteiger partial charge in [-0.1, -0.05) is 23.6 Å². The molecule has 7 heteroatoms. The molecule has 0 saturated carbocycles. The number of amides is 3. The molecule has 0 spiro atoms. The minimum Gasteiger partial charge on any atom is -0.476 e. The average Bonchev–Trinajstić information content (AvgIpc) is 2.83. The van der Waals surface area contributed by atoms with Crippen molar-refractivity contribution in [2.45, 2.75) is 19.8 Å². The molecular formula is C17H14ClFN2O3. The minimum atomic E-state index is -0.886. The molecule has 1 aromatic carbocycles. The number of halogens is 2. The van der Waals surface area contributed by atoms with Gasteiger partial charge in [0.15, 0.2) is 11.6 Å². The number of ether oxygens (including phenoxy) is 1. The fourth-order valence-electron chi connectivity index (χ4n) is 2.78. The number of allylic oxidation sites excluding steroid dienone is 1. The van der Waals surface area contributed by atoms with Crippen molar-refractivity contribution in [2.75, 3.05) is 18.1 Å². The van der Waals surface area contributed by atoms with Crippen molar-refractivity contribution in [3.05, 3.63) is 34.2 Å². The van der Waals surface area contributed by atoms with Gasteiger partial charge in [0.05, 0.1) is 10.7 Å². The summed E-state index contributed by atoms with van der Waals surface area (Å²) in [5, 5.41) is 0.0579. The van der Waals surface area contributed by atoms with E-state index in [0.717, 1.165) is 11.3 Å². The molecule has 3 amide bonds. The smallest absolute Gasteiger partial charge is 0.336 e. The van der Waals surface area contributed by atoms with Crippen LogP contribution < -0.4 is 9.64 Å². The van der Waals surface area contributed by atoms with Crippen LogP contribution in [-0.4, -0.2) is 30.0 Å². The number of carbonyl (C=O) groups is 2. The number of nitrogens with zero attached hydrogens (tertiary/aromatic N) is 2. The van der Waals surface area contributed by atoms with E-state index in [1.165, 1.54) is 11.0 Å². The third-order valence-corrected chi connectivity index (χ3v) is 4.39. The Kier molecular flexibility index (Phi) is 4.20. The van der Waals surface area contributed by atoms with Crippen LogP contribution >= 0.6 is 11.6 Å². The Morgan fingerprint density at radius 3 is 2.88 bits per heavy atom. The van der Waals surface area contributed by atoms with Gasteiger partial charge in [0.2, 0.25) is 0 Å². The second kappa shape index (κ2) is 6.17. The summed E-state index contributed by atoms with van der Waals surface area (Å²) in [4.78, 5) is 27.3. The molecule has 24 heavy (non-hydrogen) atoms. The molecular weight excluding hydrogens is 335 g/mol. The fraction of sp³-hybridized carbons (Fsp3) is 0.294. The van der Waals surface area contributed by atoms with E-state index in [4.69, 9.17) is 22.8 Å². The molecule has 3 rings (SSSR count). The van der Waals surface area contributed by atoms with Gasteiger partial charge in [-0.05, 0) is 31.4 Å². The van der Waals surface area contributed by atoms with Gasteiger partial charge in [-0.25, -0.2) is 14.1 Å². The highest BCUT2D eigenvalue weighted by Crippen LogP contribution is 2.40. The third-order valence-electron chi connectivity index (χ3n) is 3.92. The number of carbonyl (C=O) groups excluding carboxylic acids is 2. The fourth-order valence-corrected chi connectivity index (χ4v) is 2.97. The van der Waals surface area contributed by atoms with E-state index in [9.17, 15) is 14.0 Å². The van der Waals surface area contributed by atoms with Crippen molar-refractivity contribution in [1.82, 2.24) is 4.90 Å². The van der Waals surface area contributed by atoms with Crippen molar-refractivity contribution in [2.24, 2.45) is 0 Å². The highest BCUT2D eigenvalue weighted by atomic mass is 35.5. The van der Waals surface area contributed by atoms with Gasteiger partial charge in [0, 0.05) is 6.54 Å². The van der Waals surface area contributed by atoms with Crippen LogP contribution in [0.2, 0.25) is 5.02 Å². The number of imide groups is 1. The Hall–Kier alpha value is -2.52. The predicted molar refractivity (Wildman–Crippen MR) is 87.4 cm³/mol. The maximum Gasteiger partial charge on any atom is 0.336 e. The number of terminal acetylenes is 1. The van der Waals surface area contributed by atoms with Crippen LogP contribution in [0, 0.1) is 25.1 Å². The lowest BCUT2D eigenvalue weighted by Gasteiger charge is -2.20. The number of benzene rings is 1. The standard InChI is InChI=1S/C17H14ClFN2O3/c1-3-8-24-15-13(18)10(2)9-12(14(15)19)21-16(22)11-6-4-5-7-20(11)17(21)23/h1,6,9H,4-5,7-8H2,2H3. The number of fused-ring (bicyclic) bond motifs is 1. The van der Waals surface area contributed by atoms with Crippen molar-refractivity contribution in [1.29, 1.82) is 0 Å². The van der Waals surface area contributed by atoms with Gasteiger partial charge in [-0.2, -0.15) is 0 Å². The largest absolute Gasteiger partial charge is 0.476 e. The third kappa shape index (κ3) is 2.42. The molecule has 124 valence electrons. The second-order valence-corrected chi connectivity index (χ2v) is 5.85. The van der Waals surface area contributed by atoms with Crippen molar-refractivity contribution >= 4 is 29.2 Å². The van der Waals surface area contributed by atoms with Gasteiger partial charge >= 0.3 is 6.03 Å². The van der Waals surface area contributed by atoms with E-state index in [-0.39, 0.29) is 28.8 Å².